The molecule has 0 unspecified atom stereocenters. The molecule has 2 aromatic heterocycles. The maximum Gasteiger partial charge on any atom is 0.433 e. The maximum absolute atomic E-state index is 12.9. The Bertz CT molecular complexity index is 1200. The highest BCUT2D eigenvalue weighted by atomic mass is 19.4. The first-order valence-electron chi connectivity index (χ1n) is 9.71. The smallest absolute Gasteiger partial charge is 0.367 e. The fourth-order valence-electron chi connectivity index (χ4n) is 3.03. The van der Waals surface area contributed by atoms with Gasteiger partial charge in [-0.15, -0.1) is 0 Å². The predicted octanol–water partition coefficient (Wildman–Crippen LogP) is 5.42. The molecular weight excluding hydrogens is 419 g/mol. The zero-order valence-electron chi connectivity index (χ0n) is 17.6. The van der Waals surface area contributed by atoms with Gasteiger partial charge in [-0.25, -0.2) is 4.98 Å². The standard InChI is InChI=1S/C23H20F3N5O/c1-13(2)30-21-16(11-27)8-17(12-29-21)19-10-18(5-4-14(19)3)31-22(32)15-6-7-28-20(9-15)23(24,25)26/h4-10,12-13H,1-3H3,(H,29,30)(H,31,32). The monoisotopic (exact) mass is 439 g/mol. The minimum Gasteiger partial charge on any atom is -0.367 e. The third-order valence-electron chi connectivity index (χ3n) is 4.55. The zero-order valence-corrected chi connectivity index (χ0v) is 17.6. The van der Waals surface area contributed by atoms with Crippen LogP contribution in [0.15, 0.2) is 48.8 Å². The number of halogens is 3. The number of aromatic nitrogens is 2. The van der Waals surface area contributed by atoms with Crippen LogP contribution < -0.4 is 10.6 Å². The Hall–Kier alpha value is -3.93. The fourth-order valence-corrected chi connectivity index (χ4v) is 3.03. The first-order valence-corrected chi connectivity index (χ1v) is 9.71. The third kappa shape index (κ3) is 5.21. The summed E-state index contributed by atoms with van der Waals surface area (Å²) in [6.45, 7) is 5.74. The van der Waals surface area contributed by atoms with E-state index in [0.717, 1.165) is 17.3 Å². The van der Waals surface area contributed by atoms with E-state index in [2.05, 4.69) is 26.7 Å². The number of carbonyl (C=O) groups excluding carboxylic acids is 1. The van der Waals surface area contributed by atoms with E-state index in [-0.39, 0.29) is 11.6 Å². The quantitative estimate of drug-likeness (QED) is 0.554. The second-order valence-electron chi connectivity index (χ2n) is 7.44. The van der Waals surface area contributed by atoms with Gasteiger partial charge in [-0.05, 0) is 62.2 Å². The summed E-state index contributed by atoms with van der Waals surface area (Å²) in [5, 5.41) is 15.2. The van der Waals surface area contributed by atoms with Crippen LogP contribution in [-0.2, 0) is 6.18 Å². The number of rotatable bonds is 5. The molecule has 164 valence electrons. The number of nitriles is 1. The van der Waals surface area contributed by atoms with E-state index in [1.54, 1.807) is 30.5 Å². The molecule has 0 atom stereocenters. The van der Waals surface area contributed by atoms with E-state index < -0.39 is 17.8 Å². The van der Waals surface area contributed by atoms with Crippen LogP contribution in [0.25, 0.3) is 11.1 Å². The lowest BCUT2D eigenvalue weighted by Gasteiger charge is -2.14. The molecule has 0 spiro atoms. The Balaban J connectivity index is 1.90. The van der Waals surface area contributed by atoms with Gasteiger partial charge < -0.3 is 10.6 Å². The lowest BCUT2D eigenvalue weighted by atomic mass is 10.00. The fraction of sp³-hybridized carbons (Fsp3) is 0.217. The van der Waals surface area contributed by atoms with Gasteiger partial charge in [-0.1, -0.05) is 6.07 Å². The Morgan fingerprint density at radius 3 is 2.53 bits per heavy atom. The van der Waals surface area contributed by atoms with Crippen LogP contribution in [0.4, 0.5) is 24.7 Å². The van der Waals surface area contributed by atoms with Gasteiger partial charge in [0.2, 0.25) is 0 Å². The van der Waals surface area contributed by atoms with Crippen molar-refractivity contribution >= 4 is 17.4 Å². The minimum atomic E-state index is -4.64. The van der Waals surface area contributed by atoms with Crippen molar-refractivity contribution in [1.29, 1.82) is 5.26 Å². The molecule has 0 aliphatic heterocycles. The van der Waals surface area contributed by atoms with Crippen LogP contribution in [0.5, 0.6) is 0 Å². The highest BCUT2D eigenvalue weighted by molar-refractivity contribution is 6.04. The van der Waals surface area contributed by atoms with E-state index in [1.807, 2.05) is 20.8 Å². The molecule has 3 aromatic rings. The largest absolute Gasteiger partial charge is 0.433 e. The van der Waals surface area contributed by atoms with E-state index in [9.17, 15) is 23.2 Å². The molecule has 2 N–H and O–H groups in total. The van der Waals surface area contributed by atoms with Crippen LogP contribution in [0.3, 0.4) is 0 Å². The molecule has 3 rings (SSSR count). The summed E-state index contributed by atoms with van der Waals surface area (Å²) in [7, 11) is 0. The molecule has 1 aromatic carbocycles. The van der Waals surface area contributed by atoms with E-state index in [4.69, 9.17) is 0 Å². The number of hydrogen-bond acceptors (Lipinski definition) is 5. The lowest BCUT2D eigenvalue weighted by Crippen LogP contribution is -2.15. The number of carbonyl (C=O) groups is 1. The van der Waals surface area contributed by atoms with Crippen molar-refractivity contribution in [2.24, 2.45) is 0 Å². The first-order chi connectivity index (χ1) is 15.1. The number of nitrogens with zero attached hydrogens (tertiary/aromatic N) is 3. The average molecular weight is 439 g/mol. The van der Waals surface area contributed by atoms with Crippen molar-refractivity contribution in [3.05, 3.63) is 71.2 Å². The maximum atomic E-state index is 12.9. The summed E-state index contributed by atoms with van der Waals surface area (Å²) in [6, 6.07) is 10.9. The van der Waals surface area contributed by atoms with Crippen molar-refractivity contribution in [2.75, 3.05) is 10.6 Å². The molecule has 0 saturated heterocycles. The van der Waals surface area contributed by atoms with Gasteiger partial charge in [0.15, 0.2) is 0 Å². The third-order valence-corrected chi connectivity index (χ3v) is 4.55. The molecule has 2 heterocycles. The molecule has 9 heteroatoms. The average Bonchev–Trinajstić information content (AvgIpc) is 2.74. The summed E-state index contributed by atoms with van der Waals surface area (Å²) >= 11 is 0. The lowest BCUT2D eigenvalue weighted by molar-refractivity contribution is -0.141. The number of alkyl halides is 3. The van der Waals surface area contributed by atoms with Crippen molar-refractivity contribution in [3.8, 4) is 17.2 Å². The molecule has 32 heavy (non-hydrogen) atoms. The van der Waals surface area contributed by atoms with Crippen molar-refractivity contribution in [3.63, 3.8) is 0 Å². The second kappa shape index (κ2) is 9.06. The predicted molar refractivity (Wildman–Crippen MR) is 115 cm³/mol. The topological polar surface area (TPSA) is 90.7 Å². The highest BCUT2D eigenvalue weighted by Gasteiger charge is 2.33. The van der Waals surface area contributed by atoms with Gasteiger partial charge in [-0.3, -0.25) is 9.78 Å². The summed E-state index contributed by atoms with van der Waals surface area (Å²) in [5.41, 5.74) is 1.75. The molecule has 0 fully saturated rings. The molecule has 1 amide bonds. The van der Waals surface area contributed by atoms with E-state index in [0.29, 0.717) is 28.7 Å². The Morgan fingerprint density at radius 1 is 1.12 bits per heavy atom. The van der Waals surface area contributed by atoms with Gasteiger partial charge in [-0.2, -0.15) is 18.4 Å². The number of nitrogens with one attached hydrogen (secondary N) is 2. The number of hydrogen-bond donors (Lipinski definition) is 2. The van der Waals surface area contributed by atoms with Gasteiger partial charge in [0, 0.05) is 35.2 Å². The Labute approximate surface area is 183 Å². The van der Waals surface area contributed by atoms with Crippen molar-refractivity contribution < 1.29 is 18.0 Å². The number of amides is 1. The first kappa shape index (κ1) is 22.7. The van der Waals surface area contributed by atoms with Crippen LogP contribution in [-0.4, -0.2) is 21.9 Å². The molecular formula is C23H20F3N5O. The van der Waals surface area contributed by atoms with Crippen LogP contribution in [0.2, 0.25) is 0 Å². The summed E-state index contributed by atoms with van der Waals surface area (Å²) in [6.07, 6.45) is -2.08. The molecule has 0 bridgehead atoms. The van der Waals surface area contributed by atoms with Gasteiger partial charge in [0.1, 0.15) is 17.6 Å². The SMILES string of the molecule is Cc1ccc(NC(=O)c2ccnc(C(F)(F)F)c2)cc1-c1cnc(NC(C)C)c(C#N)c1. The highest BCUT2D eigenvalue weighted by Crippen LogP contribution is 2.30. The molecule has 0 aliphatic rings. The Morgan fingerprint density at radius 2 is 1.88 bits per heavy atom. The summed E-state index contributed by atoms with van der Waals surface area (Å²) < 4.78 is 38.6. The van der Waals surface area contributed by atoms with Crippen molar-refractivity contribution in [2.45, 2.75) is 33.0 Å². The second-order valence-corrected chi connectivity index (χ2v) is 7.44. The van der Waals surface area contributed by atoms with Crippen molar-refractivity contribution in [1.82, 2.24) is 9.97 Å². The molecule has 0 aliphatic carbocycles. The van der Waals surface area contributed by atoms with E-state index >= 15 is 0 Å². The molecule has 6 nitrogen and oxygen atoms in total. The number of anilines is 2. The number of pyridine rings is 2. The molecule has 0 radical (unpaired) electrons. The Kier molecular flexibility index (Phi) is 6.44. The summed E-state index contributed by atoms with van der Waals surface area (Å²) in [4.78, 5) is 20.1. The van der Waals surface area contributed by atoms with Gasteiger partial charge in [0.05, 0.1) is 5.56 Å². The molecule has 0 saturated carbocycles. The minimum absolute atomic E-state index is 0.103. The normalized spacial score (nSPS) is 11.2. The van der Waals surface area contributed by atoms with Gasteiger partial charge in [0.25, 0.3) is 5.91 Å². The zero-order chi connectivity index (χ0) is 23.5. The van der Waals surface area contributed by atoms with Gasteiger partial charge >= 0.3 is 6.18 Å². The van der Waals surface area contributed by atoms with Crippen LogP contribution in [0, 0.1) is 18.3 Å². The summed E-state index contributed by atoms with van der Waals surface area (Å²) in [5.74, 6) is -0.216. The van der Waals surface area contributed by atoms with Crippen LogP contribution >= 0.6 is 0 Å². The van der Waals surface area contributed by atoms with Crippen LogP contribution in [0.1, 0.15) is 41.0 Å². The van der Waals surface area contributed by atoms with E-state index in [1.165, 1.54) is 6.07 Å². The number of aryl methyl sites for hydroxylation is 1. The number of benzene rings is 1.